The molecule has 0 aromatic heterocycles. The highest BCUT2D eigenvalue weighted by Gasteiger charge is 2.40. The van der Waals surface area contributed by atoms with Crippen molar-refractivity contribution >= 4 is 0 Å². The Morgan fingerprint density at radius 3 is 2.79 bits per heavy atom. The molecule has 0 bridgehead atoms. The number of nitrogens with one attached hydrogen (secondary N) is 1. The first-order valence-corrected chi connectivity index (χ1v) is 5.87. The van der Waals surface area contributed by atoms with Crippen LogP contribution >= 0.6 is 0 Å². The lowest BCUT2D eigenvalue weighted by atomic mass is 10.1. The SMILES string of the molecule is OCCCCNC1CCOC1C1CC1. The maximum absolute atomic E-state index is 8.66. The van der Waals surface area contributed by atoms with E-state index >= 15 is 0 Å². The monoisotopic (exact) mass is 199 g/mol. The van der Waals surface area contributed by atoms with Gasteiger partial charge in [0.2, 0.25) is 0 Å². The summed E-state index contributed by atoms with van der Waals surface area (Å²) in [6, 6.07) is 0.584. The lowest BCUT2D eigenvalue weighted by Gasteiger charge is -2.19. The number of hydrogen-bond acceptors (Lipinski definition) is 3. The van der Waals surface area contributed by atoms with Gasteiger partial charge in [0, 0.05) is 19.3 Å². The van der Waals surface area contributed by atoms with Crippen molar-refractivity contribution in [2.45, 2.75) is 44.2 Å². The maximum atomic E-state index is 8.66. The van der Waals surface area contributed by atoms with Crippen LogP contribution in [0.5, 0.6) is 0 Å². The first-order valence-electron chi connectivity index (χ1n) is 5.87. The molecule has 0 amide bonds. The van der Waals surface area contributed by atoms with Gasteiger partial charge in [0.1, 0.15) is 0 Å². The molecule has 0 aromatic rings. The summed E-state index contributed by atoms with van der Waals surface area (Å²) >= 11 is 0. The Bertz CT molecular complexity index is 171. The van der Waals surface area contributed by atoms with Gasteiger partial charge < -0.3 is 15.2 Å². The second kappa shape index (κ2) is 5.10. The van der Waals surface area contributed by atoms with Crippen LogP contribution in [-0.2, 0) is 4.74 Å². The van der Waals surface area contributed by atoms with Gasteiger partial charge in [-0.3, -0.25) is 0 Å². The lowest BCUT2D eigenvalue weighted by Crippen LogP contribution is -2.38. The van der Waals surface area contributed by atoms with Gasteiger partial charge in [-0.25, -0.2) is 0 Å². The van der Waals surface area contributed by atoms with E-state index in [2.05, 4.69) is 5.32 Å². The highest BCUT2D eigenvalue weighted by atomic mass is 16.5. The van der Waals surface area contributed by atoms with Crippen molar-refractivity contribution in [1.29, 1.82) is 0 Å². The molecule has 14 heavy (non-hydrogen) atoms. The van der Waals surface area contributed by atoms with Crippen molar-refractivity contribution in [1.82, 2.24) is 5.32 Å². The quantitative estimate of drug-likeness (QED) is 0.625. The van der Waals surface area contributed by atoms with Gasteiger partial charge in [0.15, 0.2) is 0 Å². The smallest absolute Gasteiger partial charge is 0.0756 e. The minimum atomic E-state index is 0.314. The van der Waals surface area contributed by atoms with Crippen LogP contribution in [0.25, 0.3) is 0 Å². The summed E-state index contributed by atoms with van der Waals surface area (Å²) in [6.45, 7) is 2.27. The molecule has 0 spiro atoms. The van der Waals surface area contributed by atoms with E-state index in [0.717, 1.165) is 31.9 Å². The van der Waals surface area contributed by atoms with E-state index < -0.39 is 0 Å². The van der Waals surface area contributed by atoms with Crippen molar-refractivity contribution in [2.24, 2.45) is 5.92 Å². The molecule has 82 valence electrons. The molecule has 1 aliphatic heterocycles. The fraction of sp³-hybridized carbons (Fsp3) is 1.00. The van der Waals surface area contributed by atoms with Gasteiger partial charge in [-0.1, -0.05) is 0 Å². The zero-order valence-corrected chi connectivity index (χ0v) is 8.74. The summed E-state index contributed by atoms with van der Waals surface area (Å²) in [5.41, 5.74) is 0. The van der Waals surface area contributed by atoms with Crippen LogP contribution < -0.4 is 5.32 Å². The van der Waals surface area contributed by atoms with Gasteiger partial charge >= 0.3 is 0 Å². The molecule has 2 aliphatic rings. The summed E-state index contributed by atoms with van der Waals surface area (Å²) in [6.07, 6.45) is 6.36. The lowest BCUT2D eigenvalue weighted by molar-refractivity contribution is 0.0811. The van der Waals surface area contributed by atoms with Crippen LogP contribution in [0.2, 0.25) is 0 Å². The standard InChI is InChI=1S/C11H21NO2/c13-7-2-1-6-12-10-5-8-14-11(10)9-3-4-9/h9-13H,1-8H2. The number of aliphatic hydroxyl groups excluding tert-OH is 1. The third-order valence-corrected chi connectivity index (χ3v) is 3.21. The van der Waals surface area contributed by atoms with E-state index in [4.69, 9.17) is 9.84 Å². The normalized spacial score (nSPS) is 32.4. The van der Waals surface area contributed by atoms with Crippen molar-refractivity contribution in [3.05, 3.63) is 0 Å². The third kappa shape index (κ3) is 2.69. The van der Waals surface area contributed by atoms with E-state index in [9.17, 15) is 0 Å². The molecule has 2 rings (SSSR count). The molecule has 3 nitrogen and oxygen atoms in total. The zero-order valence-electron chi connectivity index (χ0n) is 8.74. The van der Waals surface area contributed by atoms with Gasteiger partial charge in [-0.15, -0.1) is 0 Å². The molecule has 2 unspecified atom stereocenters. The van der Waals surface area contributed by atoms with Crippen LogP contribution in [0.3, 0.4) is 0 Å². The Hall–Kier alpha value is -0.120. The largest absolute Gasteiger partial charge is 0.396 e. The van der Waals surface area contributed by atoms with Crippen molar-refractivity contribution in [3.63, 3.8) is 0 Å². The molecule has 3 heteroatoms. The number of unbranched alkanes of at least 4 members (excludes halogenated alkanes) is 1. The highest BCUT2D eigenvalue weighted by molar-refractivity contribution is 4.93. The number of aliphatic hydroxyl groups is 1. The molecule has 2 fully saturated rings. The molecular weight excluding hydrogens is 178 g/mol. The predicted octanol–water partition coefficient (Wildman–Crippen LogP) is 0.916. The summed E-state index contributed by atoms with van der Waals surface area (Å²) < 4.78 is 5.73. The molecule has 1 saturated heterocycles. The van der Waals surface area contributed by atoms with Crippen LogP contribution in [0.15, 0.2) is 0 Å². The Morgan fingerprint density at radius 1 is 1.21 bits per heavy atom. The molecular formula is C11H21NO2. The summed E-state index contributed by atoms with van der Waals surface area (Å²) in [7, 11) is 0. The molecule has 2 N–H and O–H groups in total. The Kier molecular flexibility index (Phi) is 3.79. The van der Waals surface area contributed by atoms with Crippen molar-refractivity contribution in [3.8, 4) is 0 Å². The Balaban J connectivity index is 1.63. The molecule has 0 radical (unpaired) electrons. The minimum absolute atomic E-state index is 0.314. The fourth-order valence-electron chi connectivity index (χ4n) is 2.24. The Labute approximate surface area is 85.8 Å². The third-order valence-electron chi connectivity index (χ3n) is 3.21. The average molecular weight is 199 g/mol. The molecule has 1 aliphatic carbocycles. The van der Waals surface area contributed by atoms with E-state index in [-0.39, 0.29) is 0 Å². The minimum Gasteiger partial charge on any atom is -0.396 e. The molecule has 1 heterocycles. The van der Waals surface area contributed by atoms with Gasteiger partial charge in [-0.2, -0.15) is 0 Å². The average Bonchev–Trinajstić information content (AvgIpc) is 2.94. The molecule has 1 saturated carbocycles. The first-order chi connectivity index (χ1) is 6.92. The number of ether oxygens (including phenoxy) is 1. The van der Waals surface area contributed by atoms with Crippen LogP contribution in [0, 0.1) is 5.92 Å². The second-order valence-corrected chi connectivity index (χ2v) is 4.45. The fourth-order valence-corrected chi connectivity index (χ4v) is 2.24. The second-order valence-electron chi connectivity index (χ2n) is 4.45. The first kappa shape index (κ1) is 10.4. The van der Waals surface area contributed by atoms with Crippen molar-refractivity contribution in [2.75, 3.05) is 19.8 Å². The predicted molar refractivity (Wildman–Crippen MR) is 55.2 cm³/mol. The molecule has 2 atom stereocenters. The van der Waals surface area contributed by atoms with Gasteiger partial charge in [-0.05, 0) is 44.6 Å². The van der Waals surface area contributed by atoms with E-state index in [1.807, 2.05) is 0 Å². The van der Waals surface area contributed by atoms with Gasteiger partial charge in [0.25, 0.3) is 0 Å². The van der Waals surface area contributed by atoms with E-state index in [1.54, 1.807) is 0 Å². The maximum Gasteiger partial charge on any atom is 0.0756 e. The summed E-state index contributed by atoms with van der Waals surface area (Å²) in [4.78, 5) is 0. The van der Waals surface area contributed by atoms with Crippen LogP contribution in [0.1, 0.15) is 32.1 Å². The molecule has 0 aromatic carbocycles. The number of rotatable bonds is 6. The van der Waals surface area contributed by atoms with Crippen LogP contribution in [-0.4, -0.2) is 37.0 Å². The Morgan fingerprint density at radius 2 is 2.07 bits per heavy atom. The highest BCUT2D eigenvalue weighted by Crippen LogP contribution is 2.38. The van der Waals surface area contributed by atoms with E-state index in [1.165, 1.54) is 19.3 Å². The van der Waals surface area contributed by atoms with Crippen molar-refractivity contribution < 1.29 is 9.84 Å². The topological polar surface area (TPSA) is 41.5 Å². The number of hydrogen-bond donors (Lipinski definition) is 2. The summed E-state index contributed by atoms with van der Waals surface area (Å²) in [5, 5.41) is 12.2. The zero-order chi connectivity index (χ0) is 9.80. The van der Waals surface area contributed by atoms with Crippen LogP contribution in [0.4, 0.5) is 0 Å². The van der Waals surface area contributed by atoms with E-state index in [0.29, 0.717) is 18.8 Å². The summed E-state index contributed by atoms with van der Waals surface area (Å²) in [5.74, 6) is 0.841. The van der Waals surface area contributed by atoms with Gasteiger partial charge in [0.05, 0.1) is 6.10 Å².